The molecule has 0 spiro atoms. The van der Waals surface area contributed by atoms with Crippen molar-refractivity contribution in [1.29, 1.82) is 0 Å². The Morgan fingerprint density at radius 3 is 2.52 bits per heavy atom. The van der Waals surface area contributed by atoms with Gasteiger partial charge < -0.3 is 20.1 Å². The maximum absolute atomic E-state index is 12.0. The molecule has 21 heavy (non-hydrogen) atoms. The van der Waals surface area contributed by atoms with E-state index in [0.29, 0.717) is 51.6 Å². The normalized spacial score (nSPS) is 15.2. The number of hydrogen-bond donors (Lipinski definition) is 2. The van der Waals surface area contributed by atoms with E-state index in [9.17, 15) is 9.90 Å². The number of ether oxygens (including phenoxy) is 1. The first-order valence-corrected chi connectivity index (χ1v) is 7.43. The number of phenolic OH excluding ortho intramolecular Hbond substituents is 1. The predicted molar refractivity (Wildman–Crippen MR) is 81.3 cm³/mol. The molecule has 1 amide bonds. The van der Waals surface area contributed by atoms with Crippen LogP contribution < -0.4 is 5.32 Å². The maximum Gasteiger partial charge on any atom is 0.224 e. The van der Waals surface area contributed by atoms with Gasteiger partial charge in [-0.1, -0.05) is 12.1 Å². The van der Waals surface area contributed by atoms with Gasteiger partial charge in [-0.15, -0.1) is 0 Å². The van der Waals surface area contributed by atoms with Gasteiger partial charge in [0.25, 0.3) is 0 Å². The molecule has 1 aromatic rings. The van der Waals surface area contributed by atoms with E-state index < -0.39 is 0 Å². The Morgan fingerprint density at radius 1 is 1.29 bits per heavy atom. The fraction of sp³-hybridized carbons (Fsp3) is 0.562. The Labute approximate surface area is 125 Å². The van der Waals surface area contributed by atoms with Crippen molar-refractivity contribution in [3.05, 3.63) is 28.8 Å². The van der Waals surface area contributed by atoms with Gasteiger partial charge in [0.1, 0.15) is 5.75 Å². The zero-order chi connectivity index (χ0) is 15.2. The Kier molecular flexibility index (Phi) is 5.59. The van der Waals surface area contributed by atoms with Crippen molar-refractivity contribution < 1.29 is 14.6 Å². The third-order valence-electron chi connectivity index (χ3n) is 3.76. The molecule has 1 saturated heterocycles. The largest absolute Gasteiger partial charge is 0.507 e. The van der Waals surface area contributed by atoms with Crippen molar-refractivity contribution >= 4 is 5.91 Å². The van der Waals surface area contributed by atoms with Crippen LogP contribution in [0.5, 0.6) is 5.75 Å². The lowest BCUT2D eigenvalue weighted by molar-refractivity contribution is -0.135. The highest BCUT2D eigenvalue weighted by Crippen LogP contribution is 2.22. The standard InChI is InChI=1S/C16H24N2O3/c1-12-9-14(10-13(2)16(12)20)11-17-4-3-15(19)18-5-7-21-8-6-18/h9-10,17,20H,3-8,11H2,1-2H3. The van der Waals surface area contributed by atoms with Crippen LogP contribution in [0.3, 0.4) is 0 Å². The summed E-state index contributed by atoms with van der Waals surface area (Å²) in [7, 11) is 0. The number of phenols is 1. The summed E-state index contributed by atoms with van der Waals surface area (Å²) in [6, 6.07) is 3.94. The molecular weight excluding hydrogens is 268 g/mol. The molecule has 1 aromatic carbocycles. The van der Waals surface area contributed by atoms with Gasteiger partial charge in [0.05, 0.1) is 13.2 Å². The summed E-state index contributed by atoms with van der Waals surface area (Å²) in [6.45, 7) is 7.86. The van der Waals surface area contributed by atoms with Crippen molar-refractivity contribution in [2.24, 2.45) is 0 Å². The van der Waals surface area contributed by atoms with Crippen LogP contribution in [0.25, 0.3) is 0 Å². The second-order valence-corrected chi connectivity index (χ2v) is 5.50. The molecule has 1 aliphatic rings. The van der Waals surface area contributed by atoms with Crippen molar-refractivity contribution in [2.75, 3.05) is 32.8 Å². The van der Waals surface area contributed by atoms with Crippen LogP contribution in [0, 0.1) is 13.8 Å². The molecule has 2 rings (SSSR count). The van der Waals surface area contributed by atoms with Crippen LogP contribution in [-0.2, 0) is 16.1 Å². The van der Waals surface area contributed by atoms with Crippen LogP contribution in [0.15, 0.2) is 12.1 Å². The van der Waals surface area contributed by atoms with Crippen LogP contribution in [0.2, 0.25) is 0 Å². The van der Waals surface area contributed by atoms with E-state index in [1.54, 1.807) is 0 Å². The molecule has 0 atom stereocenters. The van der Waals surface area contributed by atoms with E-state index in [-0.39, 0.29) is 5.91 Å². The van der Waals surface area contributed by atoms with Gasteiger partial charge in [-0.2, -0.15) is 0 Å². The molecule has 0 bridgehead atoms. The van der Waals surface area contributed by atoms with Crippen molar-refractivity contribution in [2.45, 2.75) is 26.8 Å². The average Bonchev–Trinajstić information content (AvgIpc) is 2.49. The quantitative estimate of drug-likeness (QED) is 0.804. The van der Waals surface area contributed by atoms with Gasteiger partial charge >= 0.3 is 0 Å². The summed E-state index contributed by atoms with van der Waals surface area (Å²) in [4.78, 5) is 13.8. The fourth-order valence-corrected chi connectivity index (χ4v) is 2.55. The van der Waals surface area contributed by atoms with E-state index >= 15 is 0 Å². The highest BCUT2D eigenvalue weighted by Gasteiger charge is 2.15. The number of rotatable bonds is 5. The third-order valence-corrected chi connectivity index (χ3v) is 3.76. The van der Waals surface area contributed by atoms with Gasteiger partial charge in [-0.05, 0) is 30.5 Å². The summed E-state index contributed by atoms with van der Waals surface area (Å²) in [5, 5.41) is 13.0. The first-order valence-electron chi connectivity index (χ1n) is 7.43. The number of morpholine rings is 1. The zero-order valence-electron chi connectivity index (χ0n) is 12.8. The monoisotopic (exact) mass is 292 g/mol. The van der Waals surface area contributed by atoms with E-state index in [1.165, 1.54) is 0 Å². The number of nitrogens with zero attached hydrogens (tertiary/aromatic N) is 1. The topological polar surface area (TPSA) is 61.8 Å². The minimum Gasteiger partial charge on any atom is -0.507 e. The highest BCUT2D eigenvalue weighted by molar-refractivity contribution is 5.76. The van der Waals surface area contributed by atoms with Crippen molar-refractivity contribution in [1.82, 2.24) is 10.2 Å². The number of carbonyl (C=O) groups excluding carboxylic acids is 1. The smallest absolute Gasteiger partial charge is 0.224 e. The average molecular weight is 292 g/mol. The molecule has 5 nitrogen and oxygen atoms in total. The maximum atomic E-state index is 12.0. The van der Waals surface area contributed by atoms with E-state index in [0.717, 1.165) is 16.7 Å². The van der Waals surface area contributed by atoms with Crippen LogP contribution in [0.1, 0.15) is 23.1 Å². The Bertz CT molecular complexity index is 473. The van der Waals surface area contributed by atoms with Crippen LogP contribution >= 0.6 is 0 Å². The molecule has 116 valence electrons. The summed E-state index contributed by atoms with van der Waals surface area (Å²) in [5.74, 6) is 0.546. The lowest BCUT2D eigenvalue weighted by atomic mass is 10.1. The number of amides is 1. The second kappa shape index (κ2) is 7.43. The number of benzene rings is 1. The molecule has 0 saturated carbocycles. The number of carbonyl (C=O) groups is 1. The van der Waals surface area contributed by atoms with Crippen molar-refractivity contribution in [3.63, 3.8) is 0 Å². The molecule has 0 unspecified atom stereocenters. The Morgan fingerprint density at radius 2 is 1.90 bits per heavy atom. The molecule has 0 aromatic heterocycles. The van der Waals surface area contributed by atoms with Crippen LogP contribution in [0.4, 0.5) is 0 Å². The van der Waals surface area contributed by atoms with Crippen molar-refractivity contribution in [3.8, 4) is 5.75 Å². The zero-order valence-corrected chi connectivity index (χ0v) is 12.8. The summed E-state index contributed by atoms with van der Waals surface area (Å²) < 4.78 is 5.24. The van der Waals surface area contributed by atoms with Gasteiger partial charge in [-0.3, -0.25) is 4.79 Å². The lowest BCUT2D eigenvalue weighted by Crippen LogP contribution is -2.41. The third kappa shape index (κ3) is 4.44. The summed E-state index contributed by atoms with van der Waals surface area (Å²) in [5.41, 5.74) is 2.90. The molecular formula is C16H24N2O3. The van der Waals surface area contributed by atoms with Crippen LogP contribution in [-0.4, -0.2) is 48.8 Å². The van der Waals surface area contributed by atoms with E-state index in [4.69, 9.17) is 4.74 Å². The SMILES string of the molecule is Cc1cc(CNCCC(=O)N2CCOCC2)cc(C)c1O. The molecule has 1 fully saturated rings. The molecule has 0 aliphatic carbocycles. The minimum atomic E-state index is 0.184. The summed E-state index contributed by atoms with van der Waals surface area (Å²) >= 11 is 0. The molecule has 0 radical (unpaired) electrons. The molecule has 5 heteroatoms. The fourth-order valence-electron chi connectivity index (χ4n) is 2.55. The molecule has 1 aliphatic heterocycles. The number of nitrogens with one attached hydrogen (secondary N) is 1. The first kappa shape index (κ1) is 15.8. The van der Waals surface area contributed by atoms with Gasteiger partial charge in [0, 0.05) is 32.6 Å². The highest BCUT2D eigenvalue weighted by atomic mass is 16.5. The van der Waals surface area contributed by atoms with Gasteiger partial charge in [-0.25, -0.2) is 0 Å². The predicted octanol–water partition coefficient (Wildman–Crippen LogP) is 1.35. The first-order chi connectivity index (χ1) is 10.1. The van der Waals surface area contributed by atoms with Gasteiger partial charge in [0.2, 0.25) is 5.91 Å². The molecule has 2 N–H and O–H groups in total. The Balaban J connectivity index is 1.73. The second-order valence-electron chi connectivity index (χ2n) is 5.50. The summed E-state index contributed by atoms with van der Waals surface area (Å²) in [6.07, 6.45) is 0.510. The lowest BCUT2D eigenvalue weighted by Gasteiger charge is -2.26. The number of hydrogen-bond acceptors (Lipinski definition) is 4. The van der Waals surface area contributed by atoms with E-state index in [1.807, 2.05) is 30.9 Å². The van der Waals surface area contributed by atoms with E-state index in [2.05, 4.69) is 5.32 Å². The minimum absolute atomic E-state index is 0.184. The number of aromatic hydroxyl groups is 1. The Hall–Kier alpha value is -1.59. The number of aryl methyl sites for hydroxylation is 2. The van der Waals surface area contributed by atoms with Gasteiger partial charge in [0.15, 0.2) is 0 Å². The molecule has 1 heterocycles.